The molecule has 0 bridgehead atoms. The summed E-state index contributed by atoms with van der Waals surface area (Å²) in [6, 6.07) is 6.68. The first-order valence-electron chi connectivity index (χ1n) is 8.36. The summed E-state index contributed by atoms with van der Waals surface area (Å²) in [5.74, 6) is -1.45. The van der Waals surface area contributed by atoms with Crippen LogP contribution in [0.25, 0.3) is 0 Å². The van der Waals surface area contributed by atoms with Gasteiger partial charge in [0.25, 0.3) is 0 Å². The summed E-state index contributed by atoms with van der Waals surface area (Å²) in [7, 11) is 1.27. The van der Waals surface area contributed by atoms with Gasteiger partial charge in [0.2, 0.25) is 0 Å². The van der Waals surface area contributed by atoms with E-state index in [1.807, 2.05) is 0 Å². The zero-order chi connectivity index (χ0) is 21.3. The number of hydrogen-bond donors (Lipinski definition) is 1. The summed E-state index contributed by atoms with van der Waals surface area (Å²) >= 11 is 5.76. The molecule has 2 aromatic rings. The van der Waals surface area contributed by atoms with E-state index >= 15 is 0 Å². The van der Waals surface area contributed by atoms with Gasteiger partial charge in [0.15, 0.2) is 5.60 Å². The highest BCUT2D eigenvalue weighted by Gasteiger charge is 2.56. The van der Waals surface area contributed by atoms with Crippen LogP contribution in [0.5, 0.6) is 5.75 Å². The van der Waals surface area contributed by atoms with Gasteiger partial charge >= 0.3 is 6.18 Å². The van der Waals surface area contributed by atoms with Crippen molar-refractivity contribution in [1.29, 1.82) is 0 Å². The molecule has 0 fully saturated rings. The molecule has 154 valence electrons. The van der Waals surface area contributed by atoms with Crippen molar-refractivity contribution in [1.82, 2.24) is 0 Å². The Morgan fingerprint density at radius 2 is 1.68 bits per heavy atom. The molecule has 1 N–H and O–H groups in total. The van der Waals surface area contributed by atoms with Gasteiger partial charge in [-0.2, -0.15) is 13.2 Å². The normalized spacial score (nSPS) is 14.6. The van der Waals surface area contributed by atoms with Crippen LogP contribution in [0.1, 0.15) is 31.4 Å². The highest BCUT2D eigenvalue weighted by Crippen LogP contribution is 2.45. The molecule has 2 nitrogen and oxygen atoms in total. The Balaban J connectivity index is 2.47. The van der Waals surface area contributed by atoms with Crippen LogP contribution in [0.3, 0.4) is 0 Å². The van der Waals surface area contributed by atoms with Crippen molar-refractivity contribution in [3.05, 3.63) is 64.2 Å². The van der Waals surface area contributed by atoms with Crippen LogP contribution in [0.2, 0.25) is 5.02 Å². The molecule has 0 amide bonds. The number of aliphatic hydroxyl groups is 1. The second-order valence-corrected chi connectivity index (χ2v) is 7.78. The summed E-state index contributed by atoms with van der Waals surface area (Å²) in [6.07, 6.45) is -6.88. The second-order valence-electron chi connectivity index (χ2n) is 7.35. The first-order chi connectivity index (χ1) is 12.8. The molecule has 0 spiro atoms. The summed E-state index contributed by atoms with van der Waals surface area (Å²) in [5.41, 5.74) is -4.60. The lowest BCUT2D eigenvalue weighted by Crippen LogP contribution is -2.51. The molecule has 0 saturated carbocycles. The first-order valence-corrected chi connectivity index (χ1v) is 8.74. The minimum atomic E-state index is -5.05. The van der Waals surface area contributed by atoms with Crippen LogP contribution in [0.15, 0.2) is 36.4 Å². The molecule has 8 heteroatoms. The Hall–Kier alpha value is -1.86. The third-order valence-electron chi connectivity index (χ3n) is 4.65. The van der Waals surface area contributed by atoms with Crippen molar-refractivity contribution in [2.45, 2.75) is 43.9 Å². The number of methoxy groups -OCH3 is 1. The first kappa shape index (κ1) is 22.4. The van der Waals surface area contributed by atoms with E-state index in [9.17, 15) is 27.1 Å². The maximum Gasteiger partial charge on any atom is 0.417 e. The third-order valence-corrected chi connectivity index (χ3v) is 4.88. The fourth-order valence-corrected chi connectivity index (χ4v) is 3.50. The maximum absolute atomic E-state index is 14.0. The van der Waals surface area contributed by atoms with Crippen molar-refractivity contribution < 1.29 is 31.8 Å². The number of ether oxygens (including phenoxy) is 1. The fourth-order valence-electron chi connectivity index (χ4n) is 3.31. The van der Waals surface area contributed by atoms with E-state index < -0.39 is 41.7 Å². The van der Waals surface area contributed by atoms with Crippen molar-refractivity contribution in [2.75, 3.05) is 7.11 Å². The zero-order valence-electron chi connectivity index (χ0n) is 15.5. The van der Waals surface area contributed by atoms with Gasteiger partial charge in [0, 0.05) is 23.1 Å². The molecule has 0 aromatic heterocycles. The van der Waals surface area contributed by atoms with Crippen LogP contribution in [0.4, 0.5) is 22.0 Å². The van der Waals surface area contributed by atoms with Crippen molar-refractivity contribution in [3.8, 4) is 5.75 Å². The SMILES string of the molecule is COc1cc(F)ccc1C(C)(C)CC(O)(Cc1cc(Cl)ccc1F)C(F)(F)F. The van der Waals surface area contributed by atoms with Gasteiger partial charge in [-0.3, -0.25) is 0 Å². The summed E-state index contributed by atoms with van der Waals surface area (Å²) in [6.45, 7) is 2.93. The third kappa shape index (κ3) is 4.75. The minimum absolute atomic E-state index is 0.0559. The molecule has 0 aliphatic rings. The van der Waals surface area contributed by atoms with Crippen LogP contribution in [-0.2, 0) is 11.8 Å². The van der Waals surface area contributed by atoms with Gasteiger partial charge in [-0.1, -0.05) is 31.5 Å². The fraction of sp³-hybridized carbons (Fsp3) is 0.400. The van der Waals surface area contributed by atoms with Gasteiger partial charge in [-0.15, -0.1) is 0 Å². The minimum Gasteiger partial charge on any atom is -0.496 e. The Morgan fingerprint density at radius 1 is 1.04 bits per heavy atom. The van der Waals surface area contributed by atoms with E-state index in [1.54, 1.807) is 0 Å². The smallest absolute Gasteiger partial charge is 0.417 e. The standard InChI is InChI=1S/C20H20ClF5O2/c1-18(2,15-6-5-14(22)9-17(15)28-3)11-19(27,20(24,25)26)10-12-8-13(21)4-7-16(12)23/h4-9,27H,10-11H2,1-3H3. The lowest BCUT2D eigenvalue weighted by Gasteiger charge is -2.38. The Kier molecular flexibility index (Phi) is 6.31. The van der Waals surface area contributed by atoms with Crippen molar-refractivity contribution >= 4 is 11.6 Å². The topological polar surface area (TPSA) is 29.5 Å². The molecule has 0 aliphatic carbocycles. The number of rotatable bonds is 6. The van der Waals surface area contributed by atoms with E-state index in [-0.39, 0.29) is 21.9 Å². The Morgan fingerprint density at radius 3 is 2.25 bits per heavy atom. The van der Waals surface area contributed by atoms with Crippen molar-refractivity contribution in [3.63, 3.8) is 0 Å². The summed E-state index contributed by atoms with van der Waals surface area (Å²) < 4.78 is 74.0. The van der Waals surface area contributed by atoms with E-state index in [4.69, 9.17) is 16.3 Å². The van der Waals surface area contributed by atoms with Gasteiger partial charge in [-0.05, 0) is 41.7 Å². The summed E-state index contributed by atoms with van der Waals surface area (Å²) in [5, 5.41) is 10.6. The molecular weight excluding hydrogens is 403 g/mol. The van der Waals surface area contributed by atoms with Crippen LogP contribution in [0, 0.1) is 11.6 Å². The van der Waals surface area contributed by atoms with E-state index in [0.717, 1.165) is 24.3 Å². The predicted molar refractivity (Wildman–Crippen MR) is 96.7 cm³/mol. The predicted octanol–water partition coefficient (Wildman–Crippen LogP) is 5.83. The van der Waals surface area contributed by atoms with E-state index in [1.165, 1.54) is 33.1 Å². The lowest BCUT2D eigenvalue weighted by molar-refractivity contribution is -0.266. The van der Waals surface area contributed by atoms with Crippen LogP contribution < -0.4 is 4.74 Å². The number of benzene rings is 2. The molecule has 1 unspecified atom stereocenters. The number of hydrogen-bond acceptors (Lipinski definition) is 2. The zero-order valence-corrected chi connectivity index (χ0v) is 16.3. The molecule has 2 aromatic carbocycles. The monoisotopic (exact) mass is 422 g/mol. The molecule has 28 heavy (non-hydrogen) atoms. The lowest BCUT2D eigenvalue weighted by atomic mass is 9.72. The maximum atomic E-state index is 14.0. The molecule has 1 atom stereocenters. The average molecular weight is 423 g/mol. The molecule has 0 radical (unpaired) electrons. The molecule has 2 rings (SSSR count). The molecular formula is C20H20ClF5O2. The second kappa shape index (κ2) is 7.87. The van der Waals surface area contributed by atoms with Crippen LogP contribution >= 0.6 is 11.6 Å². The molecule has 0 aliphatic heterocycles. The highest BCUT2D eigenvalue weighted by atomic mass is 35.5. The summed E-state index contributed by atoms with van der Waals surface area (Å²) in [4.78, 5) is 0. The van der Waals surface area contributed by atoms with Gasteiger partial charge in [0.1, 0.15) is 17.4 Å². The Labute approximate surface area is 164 Å². The van der Waals surface area contributed by atoms with Gasteiger partial charge in [-0.25, -0.2) is 8.78 Å². The van der Waals surface area contributed by atoms with Gasteiger partial charge in [0.05, 0.1) is 7.11 Å². The van der Waals surface area contributed by atoms with E-state index in [2.05, 4.69) is 0 Å². The largest absolute Gasteiger partial charge is 0.496 e. The number of alkyl halides is 3. The van der Waals surface area contributed by atoms with E-state index in [0.29, 0.717) is 0 Å². The quantitative estimate of drug-likeness (QED) is 0.593. The highest BCUT2D eigenvalue weighted by molar-refractivity contribution is 6.30. The number of halogens is 6. The van der Waals surface area contributed by atoms with Crippen molar-refractivity contribution in [2.24, 2.45) is 0 Å². The molecule has 0 heterocycles. The average Bonchev–Trinajstić information content (AvgIpc) is 2.56. The Bertz CT molecular complexity index is 851. The molecule has 0 saturated heterocycles. The van der Waals surface area contributed by atoms with Crippen LogP contribution in [-0.4, -0.2) is 24.0 Å². The van der Waals surface area contributed by atoms with Gasteiger partial charge < -0.3 is 9.84 Å².